The molecule has 1 aliphatic heterocycles. The highest BCUT2D eigenvalue weighted by Gasteiger charge is 2.31. The summed E-state index contributed by atoms with van der Waals surface area (Å²) in [6.45, 7) is 5.19. The van der Waals surface area contributed by atoms with Crippen molar-refractivity contribution in [3.63, 3.8) is 0 Å². The van der Waals surface area contributed by atoms with Crippen molar-refractivity contribution in [1.82, 2.24) is 15.2 Å². The van der Waals surface area contributed by atoms with E-state index in [-0.39, 0.29) is 24.5 Å². The fraction of sp³-hybridized carbons (Fsp3) is 0.241. The smallest absolute Gasteiger partial charge is 0.410 e. The molecule has 1 fully saturated rings. The van der Waals surface area contributed by atoms with Crippen LogP contribution in [0.15, 0.2) is 71.1 Å². The number of oxazole rings is 1. The Balaban J connectivity index is 1.22. The van der Waals surface area contributed by atoms with E-state index in [1.54, 1.807) is 35.2 Å². The van der Waals surface area contributed by atoms with Gasteiger partial charge in [0, 0.05) is 23.2 Å². The van der Waals surface area contributed by atoms with Crippen molar-refractivity contribution in [2.75, 3.05) is 13.1 Å². The zero-order valence-electron chi connectivity index (χ0n) is 20.6. The highest BCUT2D eigenvalue weighted by molar-refractivity contribution is 5.94. The number of hydrogen-bond acceptors (Lipinski definition) is 6. The lowest BCUT2D eigenvalue weighted by atomic mass is 10.00. The third-order valence-corrected chi connectivity index (χ3v) is 6.32. The molecule has 1 N–H and O–H groups in total. The van der Waals surface area contributed by atoms with E-state index in [2.05, 4.69) is 16.4 Å². The van der Waals surface area contributed by atoms with E-state index in [0.29, 0.717) is 41.2 Å². The molecular weight excluding hydrogens is 468 g/mol. The van der Waals surface area contributed by atoms with E-state index in [1.165, 1.54) is 0 Å². The monoisotopic (exact) mass is 494 g/mol. The van der Waals surface area contributed by atoms with Crippen LogP contribution in [0, 0.1) is 11.3 Å². The van der Waals surface area contributed by atoms with E-state index in [0.717, 1.165) is 16.7 Å². The molecular formula is C29H26N4O4. The third kappa shape index (κ3) is 5.16. The van der Waals surface area contributed by atoms with Gasteiger partial charge in [0.05, 0.1) is 24.7 Å². The number of benzene rings is 3. The normalized spacial score (nSPS) is 15.1. The molecule has 3 aromatic carbocycles. The maximum absolute atomic E-state index is 12.7. The van der Waals surface area contributed by atoms with Crippen LogP contribution < -0.4 is 5.32 Å². The van der Waals surface area contributed by atoms with Gasteiger partial charge < -0.3 is 19.4 Å². The molecule has 5 rings (SSSR count). The van der Waals surface area contributed by atoms with Gasteiger partial charge >= 0.3 is 6.09 Å². The van der Waals surface area contributed by atoms with Crippen molar-refractivity contribution in [3.05, 3.63) is 89.0 Å². The molecule has 0 saturated carbocycles. The zero-order chi connectivity index (χ0) is 25.9. The Morgan fingerprint density at radius 1 is 1.16 bits per heavy atom. The van der Waals surface area contributed by atoms with Gasteiger partial charge in [-0.25, -0.2) is 9.78 Å². The second-order valence-corrected chi connectivity index (χ2v) is 9.36. The van der Waals surface area contributed by atoms with Gasteiger partial charge in [0.1, 0.15) is 11.6 Å². The number of nitrogens with one attached hydrogen (secondary N) is 1. The summed E-state index contributed by atoms with van der Waals surface area (Å²) in [7, 11) is 0. The average molecular weight is 495 g/mol. The molecule has 1 aromatic heterocycles. The zero-order valence-corrected chi connectivity index (χ0v) is 20.6. The quantitative estimate of drug-likeness (QED) is 0.376. The maximum Gasteiger partial charge on any atom is 0.410 e. The molecule has 8 nitrogen and oxygen atoms in total. The number of carbonyl (C=O) groups is 2. The van der Waals surface area contributed by atoms with Crippen molar-refractivity contribution >= 4 is 23.1 Å². The number of fused-ring (bicyclic) bond motifs is 1. The first-order valence-electron chi connectivity index (χ1n) is 12.1. The molecule has 1 aliphatic rings. The summed E-state index contributed by atoms with van der Waals surface area (Å²) in [5.74, 6) is 0.338. The Morgan fingerprint density at radius 3 is 2.62 bits per heavy atom. The number of rotatable bonds is 7. The summed E-state index contributed by atoms with van der Waals surface area (Å²) in [6, 6.07) is 22.4. The van der Waals surface area contributed by atoms with Crippen molar-refractivity contribution in [2.24, 2.45) is 0 Å². The number of ether oxygens (including phenoxy) is 1. The topological polar surface area (TPSA) is 108 Å². The Hall–Kier alpha value is -4.64. The highest BCUT2D eigenvalue weighted by atomic mass is 16.6. The molecule has 1 saturated heterocycles. The average Bonchev–Trinajstić information content (AvgIpc) is 3.50. The van der Waals surface area contributed by atoms with E-state index in [1.807, 2.05) is 50.2 Å². The molecule has 0 aliphatic carbocycles. The third-order valence-electron chi connectivity index (χ3n) is 6.32. The van der Waals surface area contributed by atoms with E-state index < -0.39 is 6.10 Å². The Bertz CT molecular complexity index is 1490. The SMILES string of the molecule is CC(C)c1cc(C#N)cc2nc(-c3ccc(C(=O)NC[C@@H]4CN(Cc5ccccc5)C(=O)O4)cc3)oc12. The lowest BCUT2D eigenvalue weighted by molar-refractivity contribution is 0.0914. The van der Waals surface area contributed by atoms with Crippen LogP contribution in [0.5, 0.6) is 0 Å². The lowest BCUT2D eigenvalue weighted by Gasteiger charge is -2.13. The number of carbonyl (C=O) groups excluding carboxylic acids is 2. The van der Waals surface area contributed by atoms with E-state index in [9.17, 15) is 14.9 Å². The van der Waals surface area contributed by atoms with Crippen molar-refractivity contribution in [3.8, 4) is 17.5 Å². The van der Waals surface area contributed by atoms with Crippen LogP contribution in [0.25, 0.3) is 22.6 Å². The molecule has 0 spiro atoms. The minimum atomic E-state index is -0.410. The molecule has 37 heavy (non-hydrogen) atoms. The molecule has 4 aromatic rings. The summed E-state index contributed by atoms with van der Waals surface area (Å²) in [5, 5.41) is 12.2. The van der Waals surface area contributed by atoms with Gasteiger partial charge in [0.25, 0.3) is 5.91 Å². The minimum absolute atomic E-state index is 0.173. The Kier molecular flexibility index (Phi) is 6.60. The molecule has 0 bridgehead atoms. The minimum Gasteiger partial charge on any atom is -0.442 e. The van der Waals surface area contributed by atoms with Crippen molar-refractivity contribution in [1.29, 1.82) is 5.26 Å². The van der Waals surface area contributed by atoms with Crippen LogP contribution in [0.2, 0.25) is 0 Å². The first kappa shape index (κ1) is 24.1. The van der Waals surface area contributed by atoms with Crippen LogP contribution in [0.1, 0.15) is 46.8 Å². The fourth-order valence-corrected chi connectivity index (χ4v) is 4.36. The fourth-order valence-electron chi connectivity index (χ4n) is 4.36. The molecule has 2 amide bonds. The second kappa shape index (κ2) is 10.2. The van der Waals surface area contributed by atoms with Crippen LogP contribution in [0.3, 0.4) is 0 Å². The largest absolute Gasteiger partial charge is 0.442 e. The molecule has 186 valence electrons. The highest BCUT2D eigenvalue weighted by Crippen LogP contribution is 2.31. The van der Waals surface area contributed by atoms with Gasteiger partial charge in [0.15, 0.2) is 5.58 Å². The predicted octanol–water partition coefficient (Wildman–Crippen LogP) is 5.24. The van der Waals surface area contributed by atoms with Gasteiger partial charge in [-0.05, 0) is 47.9 Å². The van der Waals surface area contributed by atoms with Gasteiger partial charge in [-0.1, -0.05) is 44.2 Å². The van der Waals surface area contributed by atoms with Crippen LogP contribution in [0.4, 0.5) is 4.79 Å². The molecule has 1 atom stereocenters. The maximum atomic E-state index is 12.7. The number of hydrogen-bond donors (Lipinski definition) is 1. The van der Waals surface area contributed by atoms with Crippen molar-refractivity contribution in [2.45, 2.75) is 32.4 Å². The lowest BCUT2D eigenvalue weighted by Crippen LogP contribution is -2.34. The van der Waals surface area contributed by atoms with Crippen LogP contribution in [-0.4, -0.2) is 41.1 Å². The van der Waals surface area contributed by atoms with Gasteiger partial charge in [0.2, 0.25) is 5.89 Å². The number of nitriles is 1. The molecule has 0 radical (unpaired) electrons. The molecule has 0 unspecified atom stereocenters. The second-order valence-electron chi connectivity index (χ2n) is 9.36. The molecule has 8 heteroatoms. The standard InChI is InChI=1S/C29H26N4O4/c1-18(2)24-12-20(14-30)13-25-26(24)37-28(32-25)22-10-8-21(9-11-22)27(34)31-15-23-17-33(29(35)36-23)16-19-6-4-3-5-7-19/h3-13,18,23H,15-17H2,1-2H3,(H,31,34)/t23-/m1/s1. The van der Waals surface area contributed by atoms with Crippen molar-refractivity contribution < 1.29 is 18.7 Å². The van der Waals surface area contributed by atoms with Crippen LogP contribution >= 0.6 is 0 Å². The predicted molar refractivity (Wildman–Crippen MR) is 138 cm³/mol. The number of amides is 2. The number of aromatic nitrogens is 1. The summed E-state index contributed by atoms with van der Waals surface area (Å²) >= 11 is 0. The summed E-state index contributed by atoms with van der Waals surface area (Å²) in [5.41, 5.74) is 4.99. The first-order valence-corrected chi connectivity index (χ1v) is 12.1. The number of nitrogens with zero attached hydrogens (tertiary/aromatic N) is 3. The van der Waals surface area contributed by atoms with Crippen LogP contribution in [-0.2, 0) is 11.3 Å². The van der Waals surface area contributed by atoms with Gasteiger partial charge in [-0.15, -0.1) is 0 Å². The summed E-state index contributed by atoms with van der Waals surface area (Å²) in [4.78, 5) is 31.1. The Labute approximate surface area is 214 Å². The van der Waals surface area contributed by atoms with Gasteiger partial charge in [-0.2, -0.15) is 5.26 Å². The summed E-state index contributed by atoms with van der Waals surface area (Å²) in [6.07, 6.45) is -0.791. The molecule has 2 heterocycles. The van der Waals surface area contributed by atoms with Gasteiger partial charge in [-0.3, -0.25) is 4.79 Å². The van der Waals surface area contributed by atoms with E-state index in [4.69, 9.17) is 9.15 Å². The first-order chi connectivity index (χ1) is 17.9. The van der Waals surface area contributed by atoms with E-state index >= 15 is 0 Å². The summed E-state index contributed by atoms with van der Waals surface area (Å²) < 4.78 is 11.5. The number of cyclic esters (lactones) is 1. The Morgan fingerprint density at radius 2 is 1.92 bits per heavy atom.